The molecular weight excluding hydrogens is 1020 g/mol. The summed E-state index contributed by atoms with van der Waals surface area (Å²) in [6.07, 6.45) is 0. The lowest BCUT2D eigenvalue weighted by atomic mass is 10.1. The molecule has 0 radical (unpaired) electrons. The van der Waals surface area contributed by atoms with E-state index in [1.807, 2.05) is 0 Å². The maximum absolute atomic E-state index is 12.7. The Balaban J connectivity index is 1.12. The van der Waals surface area contributed by atoms with Gasteiger partial charge in [0.1, 0.15) is 26.1 Å². The largest absolute Gasteiger partial charge is 0.505 e. The molecule has 8 aromatic carbocycles. The average Bonchev–Trinajstić information content (AvgIpc) is 3.27. The lowest BCUT2D eigenvalue weighted by Gasteiger charge is -2.26. The highest BCUT2D eigenvalue weighted by Crippen LogP contribution is 2.43. The molecule has 0 unspecified atom stereocenters. The Kier molecular flexibility index (Phi) is 12.4. The second-order valence-corrected chi connectivity index (χ2v) is 22.4. The van der Waals surface area contributed by atoms with Gasteiger partial charge in [0.25, 0.3) is 50.6 Å². The molecule has 0 spiro atoms. The molecule has 0 saturated carbocycles. The van der Waals surface area contributed by atoms with E-state index in [2.05, 4.69) is 26.9 Å². The summed E-state index contributed by atoms with van der Waals surface area (Å²) >= 11 is 0. The van der Waals surface area contributed by atoms with Gasteiger partial charge in [-0.05, 0) is 95.7 Å². The lowest BCUT2D eigenvalue weighted by Crippen LogP contribution is -2.26. The quantitative estimate of drug-likeness (QED) is 0.0179. The summed E-state index contributed by atoms with van der Waals surface area (Å²) in [6.45, 7) is 0.0982. The van der Waals surface area contributed by atoms with Crippen LogP contribution in [0.15, 0.2) is 140 Å². The van der Waals surface area contributed by atoms with Gasteiger partial charge in [0.2, 0.25) is 0 Å². The first-order chi connectivity index (χ1) is 32.6. The van der Waals surface area contributed by atoms with Gasteiger partial charge in [0.05, 0.1) is 39.2 Å². The molecule has 0 fully saturated rings. The summed E-state index contributed by atoms with van der Waals surface area (Å²) in [5.41, 5.74) is 15.0. The van der Waals surface area contributed by atoms with E-state index in [0.717, 1.165) is 35.3 Å². The molecule has 0 heterocycles. The molecule has 0 aromatic heterocycles. The molecule has 70 heavy (non-hydrogen) atoms. The van der Waals surface area contributed by atoms with Gasteiger partial charge >= 0.3 is 0 Å². The molecule has 0 aliphatic rings. The molecule has 0 bridgehead atoms. The average molecular weight is 1060 g/mol. The van der Waals surface area contributed by atoms with Gasteiger partial charge in [-0.25, -0.2) is 0 Å². The Morgan fingerprint density at radius 1 is 0.486 bits per heavy atom. The maximum atomic E-state index is 12.7. The smallest absolute Gasteiger partial charge is 0.296 e. The minimum atomic E-state index is -5.20. The highest BCUT2D eigenvalue weighted by molar-refractivity contribution is 7.87. The SMILES string of the molecule is CN(Nc1c(S(=O)(=O)O)cc2cc(S(=O)(=O)O)c(N)cc2c1O)c1ccc(NNc2ccc(NCNc3ccc4c(S(=O)(=O)O)cccc4c3)c3ccc(S(=O)(=O)O)cc23)c2ccc(S(=O)(=O)O)cc12. The van der Waals surface area contributed by atoms with Crippen molar-refractivity contribution in [1.82, 2.24) is 0 Å². The number of nitrogens with zero attached hydrogens (tertiary/aromatic N) is 1. The molecule has 8 aromatic rings. The summed E-state index contributed by atoms with van der Waals surface area (Å²) in [5.74, 6) is -0.845. The topological polar surface area (TPSA) is 381 Å². The third-order valence-corrected chi connectivity index (χ3v) is 15.4. The number of rotatable bonds is 15. The van der Waals surface area contributed by atoms with E-state index in [0.29, 0.717) is 27.5 Å². The number of phenols is 1. The second kappa shape index (κ2) is 17.6. The van der Waals surface area contributed by atoms with Crippen LogP contribution in [0.25, 0.3) is 43.1 Å². The molecule has 0 amide bonds. The third kappa shape index (κ3) is 9.80. The van der Waals surface area contributed by atoms with Crippen molar-refractivity contribution in [3.8, 4) is 5.75 Å². The van der Waals surface area contributed by atoms with E-state index < -0.39 is 87.3 Å². The number of fused-ring (bicyclic) bond motifs is 4. The highest BCUT2D eigenvalue weighted by Gasteiger charge is 2.26. The monoisotopic (exact) mass is 1060 g/mol. The number of nitrogens with one attached hydrogen (secondary N) is 5. The molecule has 0 atom stereocenters. The minimum absolute atomic E-state index is 0.0727. The predicted octanol–water partition coefficient (Wildman–Crippen LogP) is 6.20. The van der Waals surface area contributed by atoms with Gasteiger partial charge in [-0.2, -0.15) is 42.1 Å². The summed E-state index contributed by atoms with van der Waals surface area (Å²) in [5, 5.41) is 20.3. The number of hydrazine groups is 2. The predicted molar refractivity (Wildman–Crippen MR) is 262 cm³/mol. The lowest BCUT2D eigenvalue weighted by molar-refractivity contribution is 0.472. The number of hydrogen-bond acceptors (Lipinski definition) is 18. The van der Waals surface area contributed by atoms with Gasteiger partial charge in [0.15, 0.2) is 0 Å². The molecule has 0 aliphatic heterocycles. The van der Waals surface area contributed by atoms with Crippen molar-refractivity contribution in [2.75, 3.05) is 51.4 Å². The molecule has 0 saturated heterocycles. The number of anilines is 7. The summed E-state index contributed by atoms with van der Waals surface area (Å²) in [4.78, 5) is -3.01. The molecule has 366 valence electrons. The number of benzene rings is 8. The van der Waals surface area contributed by atoms with E-state index in [1.54, 1.807) is 30.3 Å². The van der Waals surface area contributed by atoms with Crippen LogP contribution in [0.3, 0.4) is 0 Å². The van der Waals surface area contributed by atoms with Gasteiger partial charge in [-0.3, -0.25) is 33.2 Å². The molecule has 23 nitrogen and oxygen atoms in total. The summed E-state index contributed by atoms with van der Waals surface area (Å²) in [7, 11) is -22.8. The van der Waals surface area contributed by atoms with Crippen molar-refractivity contribution in [3.05, 3.63) is 115 Å². The van der Waals surface area contributed by atoms with E-state index >= 15 is 0 Å². The minimum Gasteiger partial charge on any atom is -0.505 e. The molecule has 28 heteroatoms. The first kappa shape index (κ1) is 49.2. The number of nitrogen functional groups attached to an aromatic ring is 1. The van der Waals surface area contributed by atoms with Gasteiger partial charge in [-0.1, -0.05) is 30.3 Å². The number of phenolic OH excluding ortho intramolecular Hbond substituents is 1. The summed E-state index contributed by atoms with van der Waals surface area (Å²) < 4.78 is 172. The number of nitrogens with two attached hydrogens (primary N) is 1. The number of aromatic hydroxyl groups is 1. The zero-order valence-electron chi connectivity index (χ0n) is 35.5. The van der Waals surface area contributed by atoms with E-state index in [9.17, 15) is 70.0 Å². The zero-order chi connectivity index (χ0) is 50.9. The van der Waals surface area contributed by atoms with Crippen LogP contribution in [0.1, 0.15) is 0 Å². The van der Waals surface area contributed by atoms with E-state index in [4.69, 9.17) is 5.73 Å². The zero-order valence-corrected chi connectivity index (χ0v) is 39.6. The normalized spacial score (nSPS) is 12.6. The fourth-order valence-corrected chi connectivity index (χ4v) is 10.8. The third-order valence-electron chi connectivity index (χ3n) is 11.0. The molecular formula is C42H37N7O16S5. The standard InChI is InChI=1S/C42H37N7O16S5/c1-49(48-41-40(70(63,64)65)17-23-16-39(69(60,61)62)33(43)20-30(23)42(41)50)37-14-13-35(29-10-7-26(19-32(29)37)67(54,55)56)46-47-36-12-11-34(28-9-6-25(18-31(28)36)66(51,52)53)45-21-44-24-5-8-27-22(15-24)3-2-4-38(27)68(57,58)59/h2-20,44-48,50H,21,43H2,1H3,(H,51,52,53)(H,54,55,56)(H,57,58,59)(H,60,61,62)(H,63,64,65). The fourth-order valence-electron chi connectivity index (χ4n) is 7.75. The van der Waals surface area contributed by atoms with Crippen molar-refractivity contribution in [1.29, 1.82) is 0 Å². The van der Waals surface area contributed by atoms with Crippen molar-refractivity contribution in [2.45, 2.75) is 24.5 Å². The Bertz CT molecular complexity index is 4110. The Hall–Kier alpha value is -7.25. The van der Waals surface area contributed by atoms with Crippen molar-refractivity contribution in [3.63, 3.8) is 0 Å². The van der Waals surface area contributed by atoms with E-state index in [1.165, 1.54) is 61.6 Å². The first-order valence-corrected chi connectivity index (χ1v) is 26.9. The maximum Gasteiger partial charge on any atom is 0.296 e. The van der Waals surface area contributed by atoms with Crippen LogP contribution in [0.2, 0.25) is 0 Å². The first-order valence-electron chi connectivity index (χ1n) is 19.7. The van der Waals surface area contributed by atoms with Gasteiger partial charge < -0.3 is 32.3 Å². The van der Waals surface area contributed by atoms with Crippen molar-refractivity contribution < 1.29 is 70.0 Å². The van der Waals surface area contributed by atoms with Crippen molar-refractivity contribution >= 4 is 133 Å². The van der Waals surface area contributed by atoms with Crippen LogP contribution in [0.5, 0.6) is 5.75 Å². The Labute approximate surface area is 398 Å². The summed E-state index contributed by atoms with van der Waals surface area (Å²) in [6, 6.07) is 25.3. The van der Waals surface area contributed by atoms with Gasteiger partial charge in [0, 0.05) is 50.7 Å². The Morgan fingerprint density at radius 2 is 1.03 bits per heavy atom. The molecule has 0 aliphatic carbocycles. The van der Waals surface area contributed by atoms with Crippen LogP contribution < -0.4 is 37.7 Å². The van der Waals surface area contributed by atoms with Crippen LogP contribution in [-0.4, -0.2) is 83.7 Å². The van der Waals surface area contributed by atoms with Gasteiger partial charge in [-0.15, -0.1) is 0 Å². The van der Waals surface area contributed by atoms with Crippen LogP contribution in [-0.2, 0) is 50.6 Å². The number of hydrogen-bond donors (Lipinski definition) is 12. The fraction of sp³-hybridized carbons (Fsp3) is 0.0476. The Morgan fingerprint density at radius 3 is 1.64 bits per heavy atom. The van der Waals surface area contributed by atoms with Crippen molar-refractivity contribution in [2.24, 2.45) is 0 Å². The molecule has 8 rings (SSSR count). The molecule has 13 N–H and O–H groups in total. The van der Waals surface area contributed by atoms with Crippen LogP contribution in [0, 0.1) is 0 Å². The second-order valence-electron chi connectivity index (χ2n) is 15.4. The van der Waals surface area contributed by atoms with E-state index in [-0.39, 0.29) is 55.6 Å². The van der Waals surface area contributed by atoms with Crippen LogP contribution >= 0.6 is 0 Å². The highest BCUT2D eigenvalue weighted by atomic mass is 32.2. The van der Waals surface area contributed by atoms with Crippen LogP contribution in [0.4, 0.5) is 39.8 Å².